The highest BCUT2D eigenvalue weighted by atomic mass is 32.2. The maximum Gasteiger partial charge on any atom is 0.238 e. The highest BCUT2D eigenvalue weighted by molar-refractivity contribution is 7.90. The van der Waals surface area contributed by atoms with E-state index in [1.807, 2.05) is 0 Å². The molecule has 0 aromatic heterocycles. The van der Waals surface area contributed by atoms with Crippen LogP contribution in [0.5, 0.6) is 0 Å². The SMILES string of the molecule is CCCCCCCCCCCC1(CCCCC(=O)N2[C@@H]3C[C@H]4CC[C@]3(CS2(=O)=O)C4(C)C)OCCO1. The van der Waals surface area contributed by atoms with E-state index in [2.05, 4.69) is 20.8 Å². The van der Waals surface area contributed by atoms with Crippen LogP contribution in [0.1, 0.15) is 130 Å². The van der Waals surface area contributed by atoms with Crippen LogP contribution in [0.25, 0.3) is 0 Å². The van der Waals surface area contributed by atoms with E-state index < -0.39 is 15.8 Å². The van der Waals surface area contributed by atoms with Gasteiger partial charge in [0.15, 0.2) is 5.79 Å². The number of hydrogen-bond acceptors (Lipinski definition) is 5. The first-order chi connectivity index (χ1) is 17.2. The second kappa shape index (κ2) is 11.6. The van der Waals surface area contributed by atoms with Crippen LogP contribution in [0, 0.1) is 16.7 Å². The zero-order chi connectivity index (χ0) is 25.9. The monoisotopic (exact) mass is 525 g/mol. The lowest BCUT2D eigenvalue weighted by molar-refractivity contribution is -0.168. The predicted octanol–water partition coefficient (Wildman–Crippen LogP) is 6.58. The molecule has 2 heterocycles. The molecule has 6 nitrogen and oxygen atoms in total. The number of unbranched alkanes of at least 4 members (excludes halogenated alkanes) is 9. The Hall–Kier alpha value is -0.660. The lowest BCUT2D eigenvalue weighted by Crippen LogP contribution is -2.44. The summed E-state index contributed by atoms with van der Waals surface area (Å²) in [6.45, 7) is 7.99. The number of fused-ring (bicyclic) bond motifs is 1. The van der Waals surface area contributed by atoms with Crippen molar-refractivity contribution in [3.05, 3.63) is 0 Å². The van der Waals surface area contributed by atoms with Crippen LogP contribution < -0.4 is 0 Å². The third kappa shape index (κ3) is 5.54. The van der Waals surface area contributed by atoms with Crippen LogP contribution in [0.2, 0.25) is 0 Å². The average Bonchev–Trinajstić information content (AvgIpc) is 3.51. The second-order valence-corrected chi connectivity index (χ2v) is 14.5. The van der Waals surface area contributed by atoms with Crippen molar-refractivity contribution in [2.45, 2.75) is 142 Å². The number of rotatable bonds is 15. The smallest absolute Gasteiger partial charge is 0.238 e. The highest BCUT2D eigenvalue weighted by Gasteiger charge is 2.72. The molecule has 2 saturated heterocycles. The van der Waals surface area contributed by atoms with Crippen molar-refractivity contribution in [2.75, 3.05) is 19.0 Å². The first-order valence-electron chi connectivity index (χ1n) is 15.0. The van der Waals surface area contributed by atoms with E-state index in [0.29, 0.717) is 32.0 Å². The van der Waals surface area contributed by atoms with Gasteiger partial charge in [-0.15, -0.1) is 0 Å². The van der Waals surface area contributed by atoms with E-state index in [4.69, 9.17) is 9.47 Å². The van der Waals surface area contributed by atoms with Crippen LogP contribution in [0.15, 0.2) is 0 Å². The molecule has 0 aromatic rings. The predicted molar refractivity (Wildman–Crippen MR) is 143 cm³/mol. The highest BCUT2D eigenvalue weighted by Crippen LogP contribution is 2.70. The molecule has 0 N–H and O–H groups in total. The fourth-order valence-electron chi connectivity index (χ4n) is 8.01. The Morgan fingerprint density at radius 3 is 2.08 bits per heavy atom. The first-order valence-corrected chi connectivity index (χ1v) is 16.6. The molecule has 36 heavy (non-hydrogen) atoms. The summed E-state index contributed by atoms with van der Waals surface area (Å²) in [7, 11) is -3.52. The zero-order valence-corrected chi connectivity index (χ0v) is 24.0. The van der Waals surface area contributed by atoms with Crippen LogP contribution in [-0.4, -0.2) is 49.4 Å². The van der Waals surface area contributed by atoms with Gasteiger partial charge < -0.3 is 9.47 Å². The minimum Gasteiger partial charge on any atom is -0.348 e. The summed E-state index contributed by atoms with van der Waals surface area (Å²) in [6, 6.07) is -0.122. The van der Waals surface area contributed by atoms with Crippen molar-refractivity contribution >= 4 is 15.9 Å². The van der Waals surface area contributed by atoms with Crippen molar-refractivity contribution in [3.63, 3.8) is 0 Å². The number of carbonyl (C=O) groups excluding carboxylic acids is 1. The first kappa shape index (κ1) is 28.4. The maximum atomic E-state index is 13.2. The molecular weight excluding hydrogens is 474 g/mol. The molecule has 2 aliphatic heterocycles. The van der Waals surface area contributed by atoms with Crippen molar-refractivity contribution in [1.29, 1.82) is 0 Å². The van der Waals surface area contributed by atoms with Gasteiger partial charge in [-0.25, -0.2) is 12.7 Å². The zero-order valence-electron chi connectivity index (χ0n) is 23.2. The fourth-order valence-corrected chi connectivity index (χ4v) is 10.6. The van der Waals surface area contributed by atoms with Crippen molar-refractivity contribution in [1.82, 2.24) is 4.31 Å². The van der Waals surface area contributed by atoms with Crippen molar-refractivity contribution in [3.8, 4) is 0 Å². The van der Waals surface area contributed by atoms with Gasteiger partial charge in [0.1, 0.15) is 0 Å². The largest absolute Gasteiger partial charge is 0.348 e. The van der Waals surface area contributed by atoms with Gasteiger partial charge in [0.05, 0.1) is 25.0 Å². The Morgan fingerprint density at radius 1 is 0.889 bits per heavy atom. The lowest BCUT2D eigenvalue weighted by atomic mass is 9.69. The van der Waals surface area contributed by atoms with E-state index in [0.717, 1.165) is 44.9 Å². The number of hydrogen-bond donors (Lipinski definition) is 0. The summed E-state index contributed by atoms with van der Waals surface area (Å²) >= 11 is 0. The minimum absolute atomic E-state index is 0.00164. The molecule has 4 aliphatic rings. The lowest BCUT2D eigenvalue weighted by Gasteiger charge is -2.37. The Morgan fingerprint density at radius 2 is 1.47 bits per heavy atom. The third-order valence-electron chi connectivity index (χ3n) is 10.3. The molecule has 0 radical (unpaired) electrons. The Balaban J connectivity index is 1.19. The number of nitrogens with zero attached hydrogens (tertiary/aromatic N) is 1. The van der Waals surface area contributed by atoms with Crippen LogP contribution in [-0.2, 0) is 24.3 Å². The van der Waals surface area contributed by atoms with Gasteiger partial charge >= 0.3 is 0 Å². The van der Waals surface area contributed by atoms with Gasteiger partial charge in [-0.05, 0) is 49.9 Å². The molecule has 0 unspecified atom stereocenters. The summed E-state index contributed by atoms with van der Waals surface area (Å²) < 4.78 is 39.6. The molecule has 208 valence electrons. The summed E-state index contributed by atoms with van der Waals surface area (Å²) in [6.07, 6.45) is 18.0. The van der Waals surface area contributed by atoms with Gasteiger partial charge in [-0.2, -0.15) is 0 Å². The van der Waals surface area contributed by atoms with Gasteiger partial charge in [0.2, 0.25) is 15.9 Å². The summed E-state index contributed by atoms with van der Waals surface area (Å²) in [5.74, 6) is -0.00111. The topological polar surface area (TPSA) is 72.9 Å². The Labute approximate surface area is 220 Å². The molecule has 0 aromatic carbocycles. The van der Waals surface area contributed by atoms with Crippen molar-refractivity contribution in [2.24, 2.45) is 16.7 Å². The summed E-state index contributed by atoms with van der Waals surface area (Å²) in [4.78, 5) is 13.2. The molecule has 7 heteroatoms. The van der Waals surface area contributed by atoms with Gasteiger partial charge in [0, 0.05) is 24.7 Å². The number of ether oxygens (including phenoxy) is 2. The molecule has 2 aliphatic carbocycles. The number of amides is 1. The van der Waals surface area contributed by atoms with Gasteiger partial charge in [0.25, 0.3) is 0 Å². The molecule has 4 rings (SSSR count). The molecule has 2 bridgehead atoms. The number of sulfonamides is 1. The van der Waals surface area contributed by atoms with E-state index in [-0.39, 0.29) is 28.5 Å². The third-order valence-corrected chi connectivity index (χ3v) is 12.3. The average molecular weight is 526 g/mol. The van der Waals surface area contributed by atoms with E-state index in [1.165, 1.54) is 55.7 Å². The molecule has 2 saturated carbocycles. The molecular formula is C29H51NO5S. The fraction of sp³-hybridized carbons (Fsp3) is 0.966. The van der Waals surface area contributed by atoms with E-state index in [9.17, 15) is 13.2 Å². The van der Waals surface area contributed by atoms with Gasteiger partial charge in [-0.1, -0.05) is 72.1 Å². The maximum absolute atomic E-state index is 13.2. The molecule has 1 spiro atoms. The molecule has 3 atom stereocenters. The molecule has 4 fully saturated rings. The van der Waals surface area contributed by atoms with E-state index in [1.54, 1.807) is 0 Å². The molecule has 1 amide bonds. The quantitative estimate of drug-likeness (QED) is 0.226. The second-order valence-electron chi connectivity index (χ2n) is 12.7. The minimum atomic E-state index is -3.52. The van der Waals surface area contributed by atoms with Gasteiger partial charge in [-0.3, -0.25) is 4.79 Å². The van der Waals surface area contributed by atoms with Crippen LogP contribution in [0.3, 0.4) is 0 Å². The summed E-state index contributed by atoms with van der Waals surface area (Å²) in [5, 5.41) is 0. The Kier molecular flexibility index (Phi) is 9.14. The van der Waals surface area contributed by atoms with Crippen LogP contribution in [0.4, 0.5) is 0 Å². The Bertz CT molecular complexity index is 850. The van der Waals surface area contributed by atoms with Crippen LogP contribution >= 0.6 is 0 Å². The normalized spacial score (nSPS) is 31.2. The van der Waals surface area contributed by atoms with E-state index >= 15 is 0 Å². The number of carbonyl (C=O) groups is 1. The standard InChI is InChI=1S/C29H51NO5S/c1-4-5-6-7-8-9-10-11-13-17-29(34-20-21-35-29)18-14-12-15-26(31)30-25-22-24-16-19-28(25,27(24,2)3)23-36(30,32)33/h24-25H,4-23H2,1-3H3/t24-,25-,28-/m1/s1. The summed E-state index contributed by atoms with van der Waals surface area (Å²) in [5.41, 5.74) is -0.240. The van der Waals surface area contributed by atoms with Crippen molar-refractivity contribution < 1.29 is 22.7 Å².